The third-order valence-electron chi connectivity index (χ3n) is 7.44. The molecular formula is C23H22N4O4. The van der Waals surface area contributed by atoms with Crippen molar-refractivity contribution in [3.05, 3.63) is 34.9 Å². The number of nitrogens with zero attached hydrogens (tertiary/aromatic N) is 3. The molecule has 2 bridgehead atoms. The highest BCUT2D eigenvalue weighted by Gasteiger charge is 2.82. The van der Waals surface area contributed by atoms with Crippen LogP contribution in [0.2, 0.25) is 0 Å². The van der Waals surface area contributed by atoms with Gasteiger partial charge in [0.15, 0.2) is 11.2 Å². The first kappa shape index (κ1) is 20.0. The van der Waals surface area contributed by atoms with E-state index >= 15 is 0 Å². The molecule has 0 radical (unpaired) electrons. The highest BCUT2D eigenvalue weighted by molar-refractivity contribution is 5.89. The van der Waals surface area contributed by atoms with Crippen molar-refractivity contribution in [2.75, 3.05) is 13.2 Å². The van der Waals surface area contributed by atoms with Crippen LogP contribution in [-0.4, -0.2) is 30.7 Å². The topological polar surface area (TPSA) is 132 Å². The van der Waals surface area contributed by atoms with Crippen LogP contribution >= 0.6 is 0 Å². The third kappa shape index (κ3) is 2.24. The van der Waals surface area contributed by atoms with E-state index in [0.29, 0.717) is 31.6 Å². The summed E-state index contributed by atoms with van der Waals surface area (Å²) in [5.74, 6) is -3.32. The molecule has 4 atom stereocenters. The summed E-state index contributed by atoms with van der Waals surface area (Å²) < 4.78 is 24.2. The fourth-order valence-corrected chi connectivity index (χ4v) is 5.95. The number of aryl methyl sites for hydroxylation is 2. The van der Waals surface area contributed by atoms with Crippen molar-refractivity contribution in [1.82, 2.24) is 0 Å². The Morgan fingerprint density at radius 2 is 1.74 bits per heavy atom. The highest BCUT2D eigenvalue weighted by Crippen LogP contribution is 2.70. The van der Waals surface area contributed by atoms with Crippen LogP contribution in [0.4, 0.5) is 0 Å². The van der Waals surface area contributed by atoms with E-state index in [2.05, 4.69) is 18.2 Å². The second-order valence-electron chi connectivity index (χ2n) is 8.92. The second-order valence-corrected chi connectivity index (χ2v) is 8.92. The Hall–Kier alpha value is -2.96. The van der Waals surface area contributed by atoms with Crippen LogP contribution in [0.25, 0.3) is 0 Å². The maximum atomic E-state index is 10.5. The van der Waals surface area contributed by atoms with E-state index in [1.54, 1.807) is 0 Å². The van der Waals surface area contributed by atoms with Crippen LogP contribution in [0.3, 0.4) is 0 Å². The first-order valence-corrected chi connectivity index (χ1v) is 10.4. The van der Waals surface area contributed by atoms with Gasteiger partial charge in [0.2, 0.25) is 17.1 Å². The fraction of sp³-hybridized carbons (Fsp3) is 0.565. The largest absolute Gasteiger partial charge is 0.447 e. The lowest BCUT2D eigenvalue weighted by Gasteiger charge is -2.54. The molecule has 5 rings (SSSR count). The molecule has 8 heteroatoms. The van der Waals surface area contributed by atoms with Crippen molar-refractivity contribution < 1.29 is 18.9 Å². The SMILES string of the molecule is Cc1ccc(C2OC34CCC5(CC3C(C#N)(C(=N)O4)C2(C#N)C#N)OCCO5)c(C)c1. The maximum Gasteiger partial charge on any atom is 0.218 e. The lowest BCUT2D eigenvalue weighted by Crippen LogP contribution is -2.63. The predicted molar refractivity (Wildman–Crippen MR) is 105 cm³/mol. The quantitative estimate of drug-likeness (QED) is 0.740. The molecule has 158 valence electrons. The molecule has 3 aliphatic heterocycles. The maximum absolute atomic E-state index is 10.5. The van der Waals surface area contributed by atoms with Crippen LogP contribution < -0.4 is 0 Å². The van der Waals surface area contributed by atoms with Crippen LogP contribution in [-0.2, 0) is 18.9 Å². The number of hydrogen-bond acceptors (Lipinski definition) is 8. The van der Waals surface area contributed by atoms with Crippen molar-refractivity contribution in [3.8, 4) is 18.2 Å². The van der Waals surface area contributed by atoms with Crippen molar-refractivity contribution in [2.45, 2.75) is 50.8 Å². The number of nitriles is 3. The Bertz CT molecular complexity index is 1090. The van der Waals surface area contributed by atoms with Crippen molar-refractivity contribution in [3.63, 3.8) is 0 Å². The second kappa shape index (κ2) is 6.28. The molecule has 3 heterocycles. The minimum absolute atomic E-state index is 0.216. The van der Waals surface area contributed by atoms with Gasteiger partial charge in [-0.2, -0.15) is 15.8 Å². The molecule has 1 aromatic rings. The smallest absolute Gasteiger partial charge is 0.218 e. The Kier molecular flexibility index (Phi) is 4.04. The average molecular weight is 418 g/mol. The van der Waals surface area contributed by atoms with Crippen molar-refractivity contribution >= 4 is 5.90 Å². The molecule has 4 unspecified atom stereocenters. The van der Waals surface area contributed by atoms with E-state index in [-0.39, 0.29) is 12.3 Å². The Labute approximate surface area is 180 Å². The molecular weight excluding hydrogens is 396 g/mol. The van der Waals surface area contributed by atoms with Gasteiger partial charge in [-0.25, -0.2) is 0 Å². The number of ether oxygens (including phenoxy) is 4. The monoisotopic (exact) mass is 418 g/mol. The van der Waals surface area contributed by atoms with Gasteiger partial charge >= 0.3 is 0 Å². The Morgan fingerprint density at radius 1 is 1.03 bits per heavy atom. The minimum Gasteiger partial charge on any atom is -0.447 e. The summed E-state index contributed by atoms with van der Waals surface area (Å²) in [5.41, 5.74) is -1.24. The van der Waals surface area contributed by atoms with Gasteiger partial charge in [-0.15, -0.1) is 0 Å². The zero-order chi connectivity index (χ0) is 22.1. The van der Waals surface area contributed by atoms with E-state index in [1.807, 2.05) is 32.0 Å². The summed E-state index contributed by atoms with van der Waals surface area (Å²) in [6, 6.07) is 12.1. The molecule has 4 fully saturated rings. The van der Waals surface area contributed by atoms with Crippen molar-refractivity contribution in [2.24, 2.45) is 16.7 Å². The molecule has 8 nitrogen and oxygen atoms in total. The first-order valence-electron chi connectivity index (χ1n) is 10.4. The van der Waals surface area contributed by atoms with E-state index in [4.69, 9.17) is 24.4 Å². The zero-order valence-corrected chi connectivity index (χ0v) is 17.4. The molecule has 0 amide bonds. The lowest BCUT2D eigenvalue weighted by molar-refractivity contribution is -0.330. The lowest BCUT2D eigenvalue weighted by atomic mass is 9.51. The van der Waals surface area contributed by atoms with E-state index < -0.39 is 34.4 Å². The molecule has 1 N–H and O–H groups in total. The summed E-state index contributed by atoms with van der Waals surface area (Å²) >= 11 is 0. The van der Waals surface area contributed by atoms with Gasteiger partial charge in [-0.05, 0) is 25.0 Å². The molecule has 4 aliphatic rings. The molecule has 3 saturated heterocycles. The number of nitrogens with one attached hydrogen (secondary N) is 1. The summed E-state index contributed by atoms with van der Waals surface area (Å²) in [6.45, 7) is 4.71. The summed E-state index contributed by atoms with van der Waals surface area (Å²) in [4.78, 5) is 0. The Morgan fingerprint density at radius 3 is 2.35 bits per heavy atom. The van der Waals surface area contributed by atoms with E-state index in [1.165, 1.54) is 0 Å². The zero-order valence-electron chi connectivity index (χ0n) is 17.4. The summed E-state index contributed by atoms with van der Waals surface area (Å²) in [6.07, 6.45) is -0.0172. The van der Waals surface area contributed by atoms with Crippen LogP contribution in [0.1, 0.15) is 42.1 Å². The van der Waals surface area contributed by atoms with Gasteiger partial charge in [0, 0.05) is 19.3 Å². The van der Waals surface area contributed by atoms with Gasteiger partial charge in [0.05, 0.1) is 37.3 Å². The molecule has 1 aromatic carbocycles. The molecule has 0 aromatic heterocycles. The normalized spacial score (nSPS) is 36.7. The molecule has 31 heavy (non-hydrogen) atoms. The van der Waals surface area contributed by atoms with E-state index in [9.17, 15) is 15.8 Å². The number of rotatable bonds is 1. The van der Waals surface area contributed by atoms with E-state index in [0.717, 1.165) is 11.1 Å². The van der Waals surface area contributed by atoms with Crippen LogP contribution in [0.5, 0.6) is 0 Å². The van der Waals surface area contributed by atoms with Crippen LogP contribution in [0, 0.1) is 70.0 Å². The molecule has 1 spiro atoms. The number of benzene rings is 1. The Balaban J connectivity index is 1.74. The standard InChI is InChI=1S/C23H22N4O4/c1-14-3-4-16(15(2)9-14)18-20(11-24,12-25)22(13-26)17-10-21(28-7-8-29-21)5-6-23(17,30-18)31-19(22)27/h3-4,9,17-18,27H,5-8,10H2,1-2H3. The highest BCUT2D eigenvalue weighted by atomic mass is 16.7. The fourth-order valence-electron chi connectivity index (χ4n) is 5.95. The van der Waals surface area contributed by atoms with Gasteiger partial charge in [-0.1, -0.05) is 23.8 Å². The van der Waals surface area contributed by atoms with Gasteiger partial charge in [-0.3, -0.25) is 5.41 Å². The van der Waals surface area contributed by atoms with Crippen LogP contribution in [0.15, 0.2) is 18.2 Å². The van der Waals surface area contributed by atoms with Gasteiger partial charge in [0.25, 0.3) is 0 Å². The first-order chi connectivity index (χ1) is 14.8. The predicted octanol–water partition coefficient (Wildman–Crippen LogP) is 3.17. The summed E-state index contributed by atoms with van der Waals surface area (Å²) in [5, 5.41) is 39.9. The number of hydrogen-bond donors (Lipinski definition) is 1. The summed E-state index contributed by atoms with van der Waals surface area (Å²) in [7, 11) is 0. The van der Waals surface area contributed by atoms with Gasteiger partial charge in [0.1, 0.15) is 6.10 Å². The van der Waals surface area contributed by atoms with Gasteiger partial charge < -0.3 is 18.9 Å². The molecule has 1 saturated carbocycles. The average Bonchev–Trinajstić information content (AvgIpc) is 3.28. The minimum atomic E-state index is -1.97. The molecule has 1 aliphatic carbocycles. The third-order valence-corrected chi connectivity index (χ3v) is 7.44. The van der Waals surface area contributed by atoms with Crippen molar-refractivity contribution in [1.29, 1.82) is 21.2 Å².